The Labute approximate surface area is 168 Å². The molecule has 10 heteroatoms. The zero-order chi connectivity index (χ0) is 20.4. The van der Waals surface area contributed by atoms with Crippen LogP contribution in [-0.4, -0.2) is 16.8 Å². The first-order valence-corrected chi connectivity index (χ1v) is 11.3. The Kier molecular flexibility index (Phi) is 5.50. The van der Waals surface area contributed by atoms with E-state index in [4.69, 9.17) is 17.3 Å². The molecular weight excluding hydrogens is 422 g/mol. The lowest BCUT2D eigenvalue weighted by molar-refractivity contribution is 0.600. The molecule has 7 nitrogen and oxygen atoms in total. The fourth-order valence-corrected chi connectivity index (χ4v) is 5.32. The molecule has 4 N–H and O–H groups in total. The van der Waals surface area contributed by atoms with Gasteiger partial charge >= 0.3 is 0 Å². The number of para-hydroxylation sites is 2. The number of hydrogen-bond donors (Lipinski definition) is 3. The summed E-state index contributed by atoms with van der Waals surface area (Å²) in [6.45, 7) is 0. The van der Waals surface area contributed by atoms with Gasteiger partial charge in [0.15, 0.2) is 0 Å². The first kappa shape index (κ1) is 20.0. The third-order valence-electron chi connectivity index (χ3n) is 3.70. The number of rotatable bonds is 6. The van der Waals surface area contributed by atoms with Crippen molar-refractivity contribution in [3.05, 3.63) is 77.8 Å². The van der Waals surface area contributed by atoms with Gasteiger partial charge in [-0.25, -0.2) is 16.8 Å². The maximum Gasteiger partial charge on any atom is 0.263 e. The van der Waals surface area contributed by atoms with Crippen molar-refractivity contribution in [1.82, 2.24) is 0 Å². The summed E-state index contributed by atoms with van der Waals surface area (Å²) in [5.74, 6) is 0. The summed E-state index contributed by atoms with van der Waals surface area (Å²) in [6, 6.07) is 18.3. The number of halogens is 1. The molecule has 0 radical (unpaired) electrons. The molecule has 0 spiro atoms. The second-order valence-corrected chi connectivity index (χ2v) is 9.47. The molecule has 0 heterocycles. The standard InChI is InChI=1S/C18H16ClN3O4S2/c19-15-11-16(20)18(28(25,26)22-14-9-5-2-6-10-14)12-17(15)27(23,24)21-13-7-3-1-4-8-13/h1-12,21-22H,20H2. The van der Waals surface area contributed by atoms with Crippen LogP contribution in [0.15, 0.2) is 82.6 Å². The molecule has 0 amide bonds. The van der Waals surface area contributed by atoms with Crippen LogP contribution in [-0.2, 0) is 20.0 Å². The number of benzene rings is 3. The van der Waals surface area contributed by atoms with Crippen LogP contribution < -0.4 is 15.2 Å². The van der Waals surface area contributed by atoms with E-state index in [-0.39, 0.29) is 10.7 Å². The molecule has 0 bridgehead atoms. The minimum absolute atomic E-state index is 0.174. The molecule has 28 heavy (non-hydrogen) atoms. The van der Waals surface area contributed by atoms with E-state index in [2.05, 4.69) is 9.44 Å². The van der Waals surface area contributed by atoms with Crippen molar-refractivity contribution in [2.75, 3.05) is 15.2 Å². The van der Waals surface area contributed by atoms with Crippen LogP contribution in [0.2, 0.25) is 5.02 Å². The summed E-state index contributed by atoms with van der Waals surface area (Å²) in [5.41, 5.74) is 6.25. The van der Waals surface area contributed by atoms with Gasteiger partial charge in [0.25, 0.3) is 20.0 Å². The molecule has 3 rings (SSSR count). The highest BCUT2D eigenvalue weighted by Gasteiger charge is 2.25. The minimum Gasteiger partial charge on any atom is -0.398 e. The Morgan fingerprint density at radius 1 is 0.679 bits per heavy atom. The summed E-state index contributed by atoms with van der Waals surface area (Å²) in [6.07, 6.45) is 0. The predicted molar refractivity (Wildman–Crippen MR) is 110 cm³/mol. The van der Waals surface area contributed by atoms with Gasteiger partial charge in [-0.1, -0.05) is 48.0 Å². The second-order valence-electron chi connectivity index (χ2n) is 5.76. The zero-order valence-corrected chi connectivity index (χ0v) is 16.7. The zero-order valence-electron chi connectivity index (χ0n) is 14.3. The van der Waals surface area contributed by atoms with Crippen LogP contribution in [0.25, 0.3) is 0 Å². The monoisotopic (exact) mass is 437 g/mol. The maximum absolute atomic E-state index is 12.7. The number of hydrogen-bond acceptors (Lipinski definition) is 5. The van der Waals surface area contributed by atoms with Crippen LogP contribution in [0.5, 0.6) is 0 Å². The normalized spacial score (nSPS) is 11.8. The van der Waals surface area contributed by atoms with Gasteiger partial charge in [0.05, 0.1) is 10.7 Å². The van der Waals surface area contributed by atoms with Crippen LogP contribution in [0.1, 0.15) is 0 Å². The van der Waals surface area contributed by atoms with Crippen molar-refractivity contribution in [2.45, 2.75) is 9.79 Å². The topological polar surface area (TPSA) is 118 Å². The van der Waals surface area contributed by atoms with E-state index in [9.17, 15) is 16.8 Å². The van der Waals surface area contributed by atoms with Crippen LogP contribution in [0, 0.1) is 0 Å². The van der Waals surface area contributed by atoms with Gasteiger partial charge in [-0.15, -0.1) is 0 Å². The van der Waals surface area contributed by atoms with Crippen LogP contribution >= 0.6 is 11.6 Å². The minimum atomic E-state index is -4.15. The highest BCUT2D eigenvalue weighted by molar-refractivity contribution is 7.93. The number of nitrogens with two attached hydrogens (primary N) is 1. The highest BCUT2D eigenvalue weighted by atomic mass is 35.5. The first-order chi connectivity index (χ1) is 13.2. The van der Waals surface area contributed by atoms with Crippen molar-refractivity contribution >= 4 is 48.7 Å². The molecule has 0 aliphatic carbocycles. The fraction of sp³-hybridized carbons (Fsp3) is 0. The molecule has 0 aliphatic heterocycles. The van der Waals surface area contributed by atoms with E-state index in [0.29, 0.717) is 11.4 Å². The summed E-state index contributed by atoms with van der Waals surface area (Å²) in [7, 11) is -8.29. The molecule has 3 aromatic rings. The van der Waals surface area contributed by atoms with Crippen molar-refractivity contribution in [2.24, 2.45) is 0 Å². The van der Waals surface area contributed by atoms with E-state index in [1.54, 1.807) is 60.7 Å². The lowest BCUT2D eigenvalue weighted by Gasteiger charge is -2.14. The van der Waals surface area contributed by atoms with E-state index < -0.39 is 29.8 Å². The molecule has 0 atom stereocenters. The molecule has 3 aromatic carbocycles. The SMILES string of the molecule is Nc1cc(Cl)c(S(=O)(=O)Nc2ccccc2)cc1S(=O)(=O)Nc1ccccc1. The lowest BCUT2D eigenvalue weighted by atomic mass is 10.3. The highest BCUT2D eigenvalue weighted by Crippen LogP contribution is 2.32. The summed E-state index contributed by atoms with van der Waals surface area (Å²) in [5, 5.41) is -0.195. The Bertz CT molecular complexity index is 1110. The molecule has 146 valence electrons. The van der Waals surface area contributed by atoms with Gasteiger partial charge in [0.1, 0.15) is 9.79 Å². The van der Waals surface area contributed by atoms with Crippen LogP contribution in [0.4, 0.5) is 17.1 Å². The molecule has 0 aliphatic rings. The third kappa shape index (κ3) is 4.38. The van der Waals surface area contributed by atoms with Crippen molar-refractivity contribution < 1.29 is 16.8 Å². The molecular formula is C18H16ClN3O4S2. The Hall–Kier alpha value is -2.75. The summed E-state index contributed by atoms with van der Waals surface area (Å²) >= 11 is 6.05. The van der Waals surface area contributed by atoms with E-state index in [0.717, 1.165) is 12.1 Å². The first-order valence-electron chi connectivity index (χ1n) is 7.94. The lowest BCUT2D eigenvalue weighted by Crippen LogP contribution is -2.18. The third-order valence-corrected chi connectivity index (χ3v) is 6.98. The molecule has 0 saturated heterocycles. The van der Waals surface area contributed by atoms with Crippen molar-refractivity contribution in [3.63, 3.8) is 0 Å². The molecule has 0 fully saturated rings. The molecule has 0 saturated carbocycles. The average Bonchev–Trinajstić information content (AvgIpc) is 2.62. The van der Waals surface area contributed by atoms with Gasteiger partial charge < -0.3 is 5.73 Å². The van der Waals surface area contributed by atoms with Gasteiger partial charge in [-0.05, 0) is 36.4 Å². The number of sulfonamides is 2. The van der Waals surface area contributed by atoms with E-state index in [1.165, 1.54) is 0 Å². The van der Waals surface area contributed by atoms with E-state index in [1.807, 2.05) is 0 Å². The molecule has 0 unspecified atom stereocenters. The summed E-state index contributed by atoms with van der Waals surface area (Å²) < 4.78 is 55.6. The Balaban J connectivity index is 2.03. The Morgan fingerprint density at radius 2 is 1.11 bits per heavy atom. The maximum atomic E-state index is 12.7. The van der Waals surface area contributed by atoms with Crippen LogP contribution in [0.3, 0.4) is 0 Å². The number of anilines is 3. The predicted octanol–water partition coefficient (Wildman–Crippen LogP) is 3.52. The number of nitrogen functional groups attached to an aromatic ring is 1. The van der Waals surface area contributed by atoms with Gasteiger partial charge in [-0.3, -0.25) is 9.44 Å². The average molecular weight is 438 g/mol. The number of nitrogens with one attached hydrogen (secondary N) is 2. The smallest absolute Gasteiger partial charge is 0.263 e. The summed E-state index contributed by atoms with van der Waals surface area (Å²) in [4.78, 5) is -0.796. The van der Waals surface area contributed by atoms with Crippen molar-refractivity contribution in [3.8, 4) is 0 Å². The fourth-order valence-electron chi connectivity index (χ4n) is 2.42. The largest absolute Gasteiger partial charge is 0.398 e. The molecule has 0 aromatic heterocycles. The van der Waals surface area contributed by atoms with Gasteiger partial charge in [0.2, 0.25) is 0 Å². The van der Waals surface area contributed by atoms with Gasteiger partial charge in [0, 0.05) is 11.4 Å². The van der Waals surface area contributed by atoms with Crippen molar-refractivity contribution in [1.29, 1.82) is 0 Å². The Morgan fingerprint density at radius 3 is 1.57 bits per heavy atom. The quantitative estimate of drug-likeness (QED) is 0.510. The van der Waals surface area contributed by atoms with Gasteiger partial charge in [-0.2, -0.15) is 0 Å². The van der Waals surface area contributed by atoms with E-state index >= 15 is 0 Å². The second kappa shape index (κ2) is 7.70.